The van der Waals surface area contributed by atoms with Gasteiger partial charge in [0.05, 0.1) is 6.61 Å². The van der Waals surface area contributed by atoms with Crippen LogP contribution < -0.4 is 0 Å². The second-order valence-corrected chi connectivity index (χ2v) is 4.91. The van der Waals surface area contributed by atoms with Crippen LogP contribution in [0.1, 0.15) is 30.8 Å². The fraction of sp³-hybridized carbons (Fsp3) is 0.222. The van der Waals surface area contributed by atoms with Gasteiger partial charge in [-0.2, -0.15) is 0 Å². The van der Waals surface area contributed by atoms with Gasteiger partial charge in [-0.3, -0.25) is 9.59 Å². The van der Waals surface area contributed by atoms with Crippen LogP contribution in [0.5, 0.6) is 0 Å². The maximum Gasteiger partial charge on any atom is 0.315 e. The summed E-state index contributed by atoms with van der Waals surface area (Å²) in [7, 11) is 0. The maximum absolute atomic E-state index is 11.7. The molecule has 2 rings (SSSR count). The number of hydrogen-bond acceptors (Lipinski definition) is 4. The van der Waals surface area contributed by atoms with Crippen LogP contribution in [0.15, 0.2) is 60.7 Å². The first-order valence-corrected chi connectivity index (χ1v) is 7.04. The third-order valence-corrected chi connectivity index (χ3v) is 2.95. The highest BCUT2D eigenvalue weighted by Crippen LogP contribution is 2.21. The van der Waals surface area contributed by atoms with Crippen molar-refractivity contribution in [3.63, 3.8) is 0 Å². The van der Waals surface area contributed by atoms with E-state index in [1.165, 1.54) is 6.92 Å². The van der Waals surface area contributed by atoms with E-state index in [2.05, 4.69) is 0 Å². The van der Waals surface area contributed by atoms with E-state index >= 15 is 0 Å². The molecule has 0 fully saturated rings. The van der Waals surface area contributed by atoms with Gasteiger partial charge in [0.15, 0.2) is 0 Å². The molecule has 2 aromatic rings. The number of benzene rings is 2. The van der Waals surface area contributed by atoms with E-state index in [9.17, 15) is 9.59 Å². The zero-order chi connectivity index (χ0) is 15.8. The average molecular weight is 298 g/mol. The molecule has 0 aliphatic heterocycles. The van der Waals surface area contributed by atoms with Crippen molar-refractivity contribution in [2.45, 2.75) is 26.2 Å². The zero-order valence-corrected chi connectivity index (χ0v) is 12.4. The molecule has 22 heavy (non-hydrogen) atoms. The van der Waals surface area contributed by atoms with Crippen LogP contribution >= 0.6 is 0 Å². The second kappa shape index (κ2) is 8.10. The highest BCUT2D eigenvalue weighted by atomic mass is 16.7. The minimum Gasteiger partial charge on any atom is -0.431 e. The Kier molecular flexibility index (Phi) is 5.86. The van der Waals surface area contributed by atoms with Crippen LogP contribution in [0.4, 0.5) is 0 Å². The van der Waals surface area contributed by atoms with Crippen LogP contribution in [0.25, 0.3) is 0 Å². The number of ether oxygens (including phenoxy) is 2. The van der Waals surface area contributed by atoms with E-state index < -0.39 is 12.3 Å². The standard InChI is InChI=1S/C18H18O4/c1-14(19)12-17(20)22-18(16-10-6-3-7-11-16)21-13-15-8-4-2-5-9-15/h2-11,18H,12-13H2,1H3. The summed E-state index contributed by atoms with van der Waals surface area (Å²) in [5, 5.41) is 0. The predicted molar refractivity (Wildman–Crippen MR) is 81.8 cm³/mol. The van der Waals surface area contributed by atoms with Crippen LogP contribution in [0.2, 0.25) is 0 Å². The average Bonchev–Trinajstić information content (AvgIpc) is 2.52. The Hall–Kier alpha value is -2.46. The first-order chi connectivity index (χ1) is 10.6. The smallest absolute Gasteiger partial charge is 0.315 e. The highest BCUT2D eigenvalue weighted by molar-refractivity contribution is 5.94. The van der Waals surface area contributed by atoms with Crippen molar-refractivity contribution in [1.82, 2.24) is 0 Å². The molecule has 114 valence electrons. The van der Waals surface area contributed by atoms with Gasteiger partial charge in [0, 0.05) is 5.56 Å². The SMILES string of the molecule is CC(=O)CC(=O)OC(OCc1ccccc1)c1ccccc1. The largest absolute Gasteiger partial charge is 0.431 e. The second-order valence-electron chi connectivity index (χ2n) is 4.91. The summed E-state index contributed by atoms with van der Waals surface area (Å²) in [5.74, 6) is -0.825. The Bertz CT molecular complexity index is 607. The topological polar surface area (TPSA) is 52.6 Å². The zero-order valence-electron chi connectivity index (χ0n) is 12.4. The van der Waals surface area contributed by atoms with Crippen molar-refractivity contribution < 1.29 is 19.1 Å². The highest BCUT2D eigenvalue weighted by Gasteiger charge is 2.18. The normalized spacial score (nSPS) is 11.7. The van der Waals surface area contributed by atoms with Gasteiger partial charge in [0.1, 0.15) is 12.2 Å². The van der Waals surface area contributed by atoms with E-state index in [1.54, 1.807) is 0 Å². The molecule has 1 unspecified atom stereocenters. The Morgan fingerprint density at radius 2 is 1.55 bits per heavy atom. The Morgan fingerprint density at radius 1 is 0.955 bits per heavy atom. The molecule has 4 heteroatoms. The van der Waals surface area contributed by atoms with Gasteiger partial charge in [0.25, 0.3) is 0 Å². The molecule has 0 saturated carbocycles. The van der Waals surface area contributed by atoms with Crippen molar-refractivity contribution in [2.24, 2.45) is 0 Å². The number of esters is 1. The van der Waals surface area contributed by atoms with Crippen molar-refractivity contribution in [2.75, 3.05) is 0 Å². The third-order valence-electron chi connectivity index (χ3n) is 2.95. The van der Waals surface area contributed by atoms with Crippen LogP contribution in [0.3, 0.4) is 0 Å². The Balaban J connectivity index is 2.05. The van der Waals surface area contributed by atoms with E-state index in [4.69, 9.17) is 9.47 Å². The van der Waals surface area contributed by atoms with Crippen LogP contribution in [-0.4, -0.2) is 11.8 Å². The molecule has 0 aromatic heterocycles. The van der Waals surface area contributed by atoms with E-state index in [0.717, 1.165) is 11.1 Å². The summed E-state index contributed by atoms with van der Waals surface area (Å²) >= 11 is 0. The summed E-state index contributed by atoms with van der Waals surface area (Å²) in [6.45, 7) is 1.66. The van der Waals surface area contributed by atoms with Gasteiger partial charge in [-0.15, -0.1) is 0 Å². The lowest BCUT2D eigenvalue weighted by Crippen LogP contribution is -2.16. The number of carbonyl (C=O) groups is 2. The number of rotatable bonds is 7. The summed E-state index contributed by atoms with van der Waals surface area (Å²) in [4.78, 5) is 22.7. The molecule has 4 nitrogen and oxygen atoms in total. The van der Waals surface area contributed by atoms with Crippen molar-refractivity contribution in [3.8, 4) is 0 Å². The molecule has 0 radical (unpaired) electrons. The first-order valence-electron chi connectivity index (χ1n) is 7.04. The summed E-state index contributed by atoms with van der Waals surface area (Å²) < 4.78 is 11.0. The van der Waals surface area contributed by atoms with Crippen LogP contribution in [-0.2, 0) is 25.7 Å². The first kappa shape index (κ1) is 15.9. The lowest BCUT2D eigenvalue weighted by molar-refractivity contribution is -0.184. The molecular weight excluding hydrogens is 280 g/mol. The van der Waals surface area contributed by atoms with Crippen molar-refractivity contribution >= 4 is 11.8 Å². The quantitative estimate of drug-likeness (QED) is 0.446. The molecule has 0 bridgehead atoms. The molecule has 0 aliphatic carbocycles. The number of Topliss-reactive ketones (excluding diaryl/α,β-unsaturated/α-hetero) is 1. The van der Waals surface area contributed by atoms with Gasteiger partial charge in [-0.05, 0) is 12.5 Å². The summed E-state index contributed by atoms with van der Waals surface area (Å²) in [5.41, 5.74) is 1.71. The number of ketones is 1. The van der Waals surface area contributed by atoms with Gasteiger partial charge < -0.3 is 9.47 Å². The molecule has 0 N–H and O–H groups in total. The fourth-order valence-electron chi connectivity index (χ4n) is 1.92. The van der Waals surface area contributed by atoms with Gasteiger partial charge in [-0.1, -0.05) is 60.7 Å². The van der Waals surface area contributed by atoms with Gasteiger partial charge >= 0.3 is 5.97 Å². The molecule has 0 amide bonds. The number of hydrogen-bond donors (Lipinski definition) is 0. The monoisotopic (exact) mass is 298 g/mol. The molecule has 0 saturated heterocycles. The molecule has 0 aliphatic rings. The summed E-state index contributed by atoms with van der Waals surface area (Å²) in [6, 6.07) is 18.8. The van der Waals surface area contributed by atoms with E-state index in [0.29, 0.717) is 6.61 Å². The number of carbonyl (C=O) groups excluding carboxylic acids is 2. The lowest BCUT2D eigenvalue weighted by Gasteiger charge is -2.18. The summed E-state index contributed by atoms with van der Waals surface area (Å²) in [6.07, 6.45) is -1.08. The van der Waals surface area contributed by atoms with Crippen molar-refractivity contribution in [3.05, 3.63) is 71.8 Å². The van der Waals surface area contributed by atoms with Crippen molar-refractivity contribution in [1.29, 1.82) is 0 Å². The maximum atomic E-state index is 11.7. The molecule has 0 spiro atoms. The van der Waals surface area contributed by atoms with Gasteiger partial charge in [0.2, 0.25) is 6.29 Å². The molecule has 2 aromatic carbocycles. The van der Waals surface area contributed by atoms with Crippen LogP contribution in [0, 0.1) is 0 Å². The van der Waals surface area contributed by atoms with E-state index in [-0.39, 0.29) is 12.2 Å². The predicted octanol–water partition coefficient (Wildman–Crippen LogP) is 3.42. The molecule has 0 heterocycles. The van der Waals surface area contributed by atoms with Gasteiger partial charge in [-0.25, -0.2) is 0 Å². The molecular formula is C18H18O4. The fourth-order valence-corrected chi connectivity index (χ4v) is 1.92. The minimum absolute atomic E-state index is 0.236. The third kappa shape index (κ3) is 5.14. The Labute approximate surface area is 129 Å². The minimum atomic E-state index is -0.826. The van der Waals surface area contributed by atoms with E-state index in [1.807, 2.05) is 60.7 Å². The lowest BCUT2D eigenvalue weighted by atomic mass is 10.2. The Morgan fingerprint density at radius 3 is 2.14 bits per heavy atom. The molecule has 1 atom stereocenters.